The second kappa shape index (κ2) is 4.73. The highest BCUT2D eigenvalue weighted by atomic mass is 32.1. The van der Waals surface area contributed by atoms with Crippen molar-refractivity contribution >= 4 is 33.6 Å². The van der Waals surface area contributed by atoms with E-state index in [0.29, 0.717) is 12.1 Å². The van der Waals surface area contributed by atoms with Crippen LogP contribution in [-0.2, 0) is 13.5 Å². The molecule has 0 aromatic carbocycles. The van der Waals surface area contributed by atoms with E-state index < -0.39 is 0 Å². The minimum atomic E-state index is 0.435. The maximum absolute atomic E-state index is 7.70. The van der Waals surface area contributed by atoms with Crippen LogP contribution in [0.25, 0.3) is 10.3 Å². The van der Waals surface area contributed by atoms with Crippen LogP contribution >= 0.6 is 11.3 Å². The summed E-state index contributed by atoms with van der Waals surface area (Å²) in [5, 5.41) is 16.0. The first-order valence-electron chi connectivity index (χ1n) is 5.49. The summed E-state index contributed by atoms with van der Waals surface area (Å²) in [7, 11) is 1.94. The Hall–Kier alpha value is -1.95. The Kier molecular flexibility index (Phi) is 3.29. The van der Waals surface area contributed by atoms with Gasteiger partial charge in [-0.15, -0.1) is 11.3 Å². The molecular weight excluding hydrogens is 246 g/mol. The fourth-order valence-electron chi connectivity index (χ4n) is 1.85. The lowest BCUT2D eigenvalue weighted by Gasteiger charge is -1.97. The average molecular weight is 261 g/mol. The number of aromatic nitrogens is 2. The number of nitrogens with one attached hydrogen (secondary N) is 2. The molecular formula is C12H15N5S. The molecule has 4 N–H and O–H groups in total. The van der Waals surface area contributed by atoms with Gasteiger partial charge in [0.2, 0.25) is 0 Å². The Morgan fingerprint density at radius 3 is 2.89 bits per heavy atom. The van der Waals surface area contributed by atoms with Crippen molar-refractivity contribution in [3.63, 3.8) is 0 Å². The van der Waals surface area contributed by atoms with Crippen molar-refractivity contribution < 1.29 is 0 Å². The van der Waals surface area contributed by atoms with Gasteiger partial charge in [-0.05, 0) is 19.2 Å². The molecule has 0 saturated heterocycles. The van der Waals surface area contributed by atoms with E-state index in [0.717, 1.165) is 26.6 Å². The monoisotopic (exact) mass is 261 g/mol. The topological polar surface area (TPSA) is 91.5 Å². The van der Waals surface area contributed by atoms with Crippen LogP contribution in [0.3, 0.4) is 0 Å². The summed E-state index contributed by atoms with van der Waals surface area (Å²) in [6.07, 6.45) is 4.77. The van der Waals surface area contributed by atoms with E-state index in [2.05, 4.69) is 4.98 Å². The lowest BCUT2D eigenvalue weighted by atomic mass is 10.3. The molecule has 18 heavy (non-hydrogen) atoms. The normalized spacial score (nSPS) is 11.4. The summed E-state index contributed by atoms with van der Waals surface area (Å²) in [5.74, 6) is 0. The maximum Gasteiger partial charge on any atom is 0.151 e. The minimum Gasteiger partial charge on any atom is -0.405 e. The van der Waals surface area contributed by atoms with Crippen LogP contribution in [-0.4, -0.2) is 21.5 Å². The first-order valence-corrected chi connectivity index (χ1v) is 6.31. The predicted molar refractivity (Wildman–Crippen MR) is 76.0 cm³/mol. The van der Waals surface area contributed by atoms with Crippen LogP contribution in [0, 0.1) is 17.7 Å². The Morgan fingerprint density at radius 1 is 1.56 bits per heavy atom. The van der Waals surface area contributed by atoms with Gasteiger partial charge >= 0.3 is 0 Å². The van der Waals surface area contributed by atoms with Crippen LogP contribution in [0.4, 0.5) is 0 Å². The van der Waals surface area contributed by atoms with E-state index in [-0.39, 0.29) is 0 Å². The molecule has 0 saturated carbocycles. The first kappa shape index (κ1) is 12.5. The van der Waals surface area contributed by atoms with Crippen molar-refractivity contribution in [1.82, 2.24) is 9.55 Å². The van der Waals surface area contributed by atoms with Crippen LogP contribution in [0.2, 0.25) is 0 Å². The molecule has 0 aliphatic rings. The molecule has 0 aliphatic heterocycles. The number of allylic oxidation sites excluding steroid dienone is 1. The molecule has 0 spiro atoms. The second-order valence-electron chi connectivity index (χ2n) is 4.02. The SMILES string of the molecule is Cc1c(C=N)c2sc(CC(=N)/C=C\N)nc2n1C. The molecule has 0 fully saturated rings. The number of hydrogen-bond acceptors (Lipinski definition) is 5. The zero-order chi connectivity index (χ0) is 13.3. The molecule has 0 amide bonds. The van der Waals surface area contributed by atoms with E-state index in [1.165, 1.54) is 23.8 Å². The molecule has 2 heterocycles. The Bertz CT molecular complexity index is 647. The Morgan fingerprint density at radius 2 is 2.28 bits per heavy atom. The maximum atomic E-state index is 7.70. The quantitative estimate of drug-likeness (QED) is 0.734. The third kappa shape index (κ3) is 1.95. The molecule has 0 atom stereocenters. The molecule has 6 heteroatoms. The summed E-state index contributed by atoms with van der Waals surface area (Å²) >= 11 is 1.54. The highest BCUT2D eigenvalue weighted by Crippen LogP contribution is 2.29. The second-order valence-corrected chi connectivity index (χ2v) is 5.11. The summed E-state index contributed by atoms with van der Waals surface area (Å²) in [5.41, 5.74) is 8.53. The van der Waals surface area contributed by atoms with Gasteiger partial charge in [-0.2, -0.15) is 0 Å². The van der Waals surface area contributed by atoms with E-state index in [4.69, 9.17) is 16.6 Å². The molecule has 0 aliphatic carbocycles. The van der Waals surface area contributed by atoms with Crippen LogP contribution in [0.5, 0.6) is 0 Å². The fraction of sp³-hybridized carbons (Fsp3) is 0.250. The van der Waals surface area contributed by atoms with E-state index in [9.17, 15) is 0 Å². The number of nitrogens with two attached hydrogens (primary N) is 1. The number of rotatable bonds is 4. The van der Waals surface area contributed by atoms with Crippen molar-refractivity contribution in [3.8, 4) is 0 Å². The van der Waals surface area contributed by atoms with Gasteiger partial charge in [-0.25, -0.2) is 4.98 Å². The third-order valence-corrected chi connectivity index (χ3v) is 3.97. The summed E-state index contributed by atoms with van der Waals surface area (Å²) < 4.78 is 3.00. The first-order chi connectivity index (χ1) is 8.58. The summed E-state index contributed by atoms with van der Waals surface area (Å²) in [6.45, 7) is 1.98. The van der Waals surface area contributed by atoms with Crippen molar-refractivity contribution in [1.29, 1.82) is 10.8 Å². The molecule has 2 aromatic heterocycles. The third-order valence-electron chi connectivity index (χ3n) is 2.89. The number of aryl methyl sites for hydroxylation is 1. The summed E-state index contributed by atoms with van der Waals surface area (Å²) in [6, 6.07) is 0. The highest BCUT2D eigenvalue weighted by Gasteiger charge is 2.15. The summed E-state index contributed by atoms with van der Waals surface area (Å²) in [4.78, 5) is 4.53. The highest BCUT2D eigenvalue weighted by molar-refractivity contribution is 7.19. The van der Waals surface area contributed by atoms with Crippen LogP contribution < -0.4 is 5.73 Å². The van der Waals surface area contributed by atoms with Crippen molar-refractivity contribution in [2.24, 2.45) is 12.8 Å². The molecule has 2 aromatic rings. The molecule has 0 radical (unpaired) electrons. The van der Waals surface area contributed by atoms with Crippen molar-refractivity contribution in [2.75, 3.05) is 0 Å². The largest absolute Gasteiger partial charge is 0.405 e. The van der Waals surface area contributed by atoms with Gasteiger partial charge < -0.3 is 21.1 Å². The van der Waals surface area contributed by atoms with E-state index in [1.807, 2.05) is 18.5 Å². The van der Waals surface area contributed by atoms with E-state index >= 15 is 0 Å². The van der Waals surface area contributed by atoms with Crippen molar-refractivity contribution in [2.45, 2.75) is 13.3 Å². The molecule has 2 rings (SSSR count). The number of nitrogens with zero attached hydrogens (tertiary/aromatic N) is 2. The van der Waals surface area contributed by atoms with Gasteiger partial charge in [0.05, 0.1) is 4.70 Å². The zero-order valence-electron chi connectivity index (χ0n) is 10.3. The minimum absolute atomic E-state index is 0.435. The smallest absolute Gasteiger partial charge is 0.151 e. The lowest BCUT2D eigenvalue weighted by Crippen LogP contribution is -1.99. The van der Waals surface area contributed by atoms with Crippen LogP contribution in [0.1, 0.15) is 16.3 Å². The van der Waals surface area contributed by atoms with Gasteiger partial charge in [0, 0.05) is 36.7 Å². The zero-order valence-corrected chi connectivity index (χ0v) is 11.1. The van der Waals surface area contributed by atoms with Gasteiger partial charge in [0.1, 0.15) is 5.01 Å². The van der Waals surface area contributed by atoms with Gasteiger partial charge in [-0.3, -0.25) is 0 Å². The fourth-order valence-corrected chi connectivity index (χ4v) is 3.03. The van der Waals surface area contributed by atoms with Crippen LogP contribution in [0.15, 0.2) is 12.3 Å². The predicted octanol–water partition coefficient (Wildman–Crippen LogP) is 1.98. The van der Waals surface area contributed by atoms with Crippen molar-refractivity contribution in [3.05, 3.63) is 28.5 Å². The molecule has 0 unspecified atom stereocenters. The number of fused-ring (bicyclic) bond motifs is 1. The van der Waals surface area contributed by atoms with Gasteiger partial charge in [0.15, 0.2) is 5.65 Å². The number of hydrogen-bond donors (Lipinski definition) is 3. The standard InChI is InChI=1S/C12H15N5S/c1-7-9(6-14)11-12(17(7)2)16-10(18-11)5-8(15)3-4-13/h3-4,6,14-15H,5,13H2,1-2H3/b4-3-,14-6?,15-8?. The van der Waals surface area contributed by atoms with E-state index in [1.54, 1.807) is 6.08 Å². The van der Waals surface area contributed by atoms with Gasteiger partial charge in [-0.1, -0.05) is 0 Å². The lowest BCUT2D eigenvalue weighted by molar-refractivity contribution is 0.899. The Balaban J connectivity index is 2.45. The molecule has 0 bridgehead atoms. The molecule has 5 nitrogen and oxygen atoms in total. The number of thiazole rings is 1. The average Bonchev–Trinajstić information content (AvgIpc) is 2.80. The Labute approximate surface area is 109 Å². The van der Waals surface area contributed by atoms with Gasteiger partial charge in [0.25, 0.3) is 0 Å². The molecule has 94 valence electrons.